The highest BCUT2D eigenvalue weighted by molar-refractivity contribution is 9.10. The fourth-order valence-electron chi connectivity index (χ4n) is 2.15. The highest BCUT2D eigenvalue weighted by Crippen LogP contribution is 2.24. The number of nitrogens with one attached hydrogen (secondary N) is 1. The molecule has 0 amide bonds. The van der Waals surface area contributed by atoms with Crippen LogP contribution in [0.4, 0.5) is 4.39 Å². The van der Waals surface area contributed by atoms with E-state index in [2.05, 4.69) is 26.2 Å². The van der Waals surface area contributed by atoms with Gasteiger partial charge in [-0.2, -0.15) is 0 Å². The van der Waals surface area contributed by atoms with Gasteiger partial charge in [-0.25, -0.2) is 9.37 Å². The molecule has 3 nitrogen and oxygen atoms in total. The molecule has 1 atom stereocenters. The largest absolute Gasteiger partial charge is 0.338 e. The zero-order valence-electron chi connectivity index (χ0n) is 11.0. The molecule has 1 aromatic carbocycles. The Bertz CT molecular complexity index is 553. The van der Waals surface area contributed by atoms with Crippen LogP contribution in [0.3, 0.4) is 0 Å². The molecule has 1 heterocycles. The molecule has 0 aliphatic rings. The van der Waals surface area contributed by atoms with Crippen molar-refractivity contribution in [2.75, 3.05) is 7.05 Å². The highest BCUT2D eigenvalue weighted by atomic mass is 79.9. The summed E-state index contributed by atoms with van der Waals surface area (Å²) in [6.07, 6.45) is 5.31. The average Bonchev–Trinajstić information content (AvgIpc) is 2.80. The van der Waals surface area contributed by atoms with Crippen molar-refractivity contribution in [2.45, 2.75) is 18.9 Å². The molecule has 1 unspecified atom stereocenters. The predicted molar refractivity (Wildman–Crippen MR) is 77.4 cm³/mol. The summed E-state index contributed by atoms with van der Waals surface area (Å²) < 4.78 is 16.8. The molecule has 0 radical (unpaired) electrons. The lowest BCUT2D eigenvalue weighted by molar-refractivity contribution is 0.500. The zero-order chi connectivity index (χ0) is 13.8. The van der Waals surface area contributed by atoms with Gasteiger partial charge in [0, 0.05) is 41.9 Å². The van der Waals surface area contributed by atoms with Gasteiger partial charge >= 0.3 is 0 Å². The second kappa shape index (κ2) is 6.30. The molecule has 0 aliphatic carbocycles. The van der Waals surface area contributed by atoms with E-state index in [1.54, 1.807) is 12.3 Å². The van der Waals surface area contributed by atoms with E-state index in [-0.39, 0.29) is 11.9 Å². The van der Waals surface area contributed by atoms with Crippen LogP contribution in [0.2, 0.25) is 0 Å². The fourth-order valence-corrected chi connectivity index (χ4v) is 2.53. The summed E-state index contributed by atoms with van der Waals surface area (Å²) in [7, 11) is 3.82. The number of rotatable bonds is 5. The van der Waals surface area contributed by atoms with E-state index in [4.69, 9.17) is 0 Å². The molecular formula is C14H17BrFN3. The fraction of sp³-hybridized carbons (Fsp3) is 0.357. The maximum Gasteiger partial charge on any atom is 0.128 e. The van der Waals surface area contributed by atoms with Crippen LogP contribution >= 0.6 is 15.9 Å². The normalized spacial score (nSPS) is 12.6. The van der Waals surface area contributed by atoms with Crippen LogP contribution in [0.15, 0.2) is 35.1 Å². The second-order valence-corrected chi connectivity index (χ2v) is 5.42. The number of aryl methyl sites for hydroxylation is 2. The minimum atomic E-state index is -0.178. The molecule has 2 rings (SSSR count). The maximum absolute atomic E-state index is 13.9. The van der Waals surface area contributed by atoms with Crippen LogP contribution in [0.1, 0.15) is 23.9 Å². The number of benzene rings is 1. The number of halogens is 2. The Balaban J connectivity index is 2.12. The SMILES string of the molecule is CNC(CCc1nccn1C)c1cc(Br)ccc1F. The van der Waals surface area contributed by atoms with Crippen molar-refractivity contribution in [1.82, 2.24) is 14.9 Å². The number of aromatic nitrogens is 2. The predicted octanol–water partition coefficient (Wildman–Crippen LogP) is 3.22. The quantitative estimate of drug-likeness (QED) is 0.914. The first-order chi connectivity index (χ1) is 9.11. The van der Waals surface area contributed by atoms with Gasteiger partial charge in [0.2, 0.25) is 0 Å². The number of imidazole rings is 1. The number of nitrogens with zero attached hydrogens (tertiary/aromatic N) is 2. The highest BCUT2D eigenvalue weighted by Gasteiger charge is 2.15. The Labute approximate surface area is 121 Å². The van der Waals surface area contributed by atoms with E-state index in [0.717, 1.165) is 23.1 Å². The first kappa shape index (κ1) is 14.2. The van der Waals surface area contributed by atoms with Crippen LogP contribution in [0, 0.1) is 5.82 Å². The molecule has 19 heavy (non-hydrogen) atoms. The van der Waals surface area contributed by atoms with Crippen LogP contribution in [0.5, 0.6) is 0 Å². The van der Waals surface area contributed by atoms with Gasteiger partial charge in [0.25, 0.3) is 0 Å². The lowest BCUT2D eigenvalue weighted by atomic mass is 10.0. The molecule has 5 heteroatoms. The molecule has 102 valence electrons. The van der Waals surface area contributed by atoms with Crippen LogP contribution in [0.25, 0.3) is 0 Å². The van der Waals surface area contributed by atoms with Gasteiger partial charge in [-0.3, -0.25) is 0 Å². The van der Waals surface area contributed by atoms with Crippen LogP contribution in [-0.4, -0.2) is 16.6 Å². The Kier molecular flexibility index (Phi) is 4.71. The van der Waals surface area contributed by atoms with Gasteiger partial charge in [0.1, 0.15) is 11.6 Å². The Morgan fingerprint density at radius 2 is 2.26 bits per heavy atom. The third-order valence-corrected chi connectivity index (χ3v) is 3.75. The van der Waals surface area contributed by atoms with E-state index in [1.807, 2.05) is 30.9 Å². The summed E-state index contributed by atoms with van der Waals surface area (Å²) >= 11 is 3.38. The van der Waals surface area contributed by atoms with Gasteiger partial charge in [-0.05, 0) is 31.7 Å². The van der Waals surface area contributed by atoms with Gasteiger partial charge in [-0.15, -0.1) is 0 Å². The molecule has 0 spiro atoms. The minimum Gasteiger partial charge on any atom is -0.338 e. The first-order valence-corrected chi connectivity index (χ1v) is 6.99. The summed E-state index contributed by atoms with van der Waals surface area (Å²) in [5.74, 6) is 0.832. The lowest BCUT2D eigenvalue weighted by Gasteiger charge is -2.17. The van der Waals surface area contributed by atoms with E-state index < -0.39 is 0 Å². The molecule has 0 saturated carbocycles. The maximum atomic E-state index is 13.9. The van der Waals surface area contributed by atoms with E-state index >= 15 is 0 Å². The summed E-state index contributed by atoms with van der Waals surface area (Å²) in [5, 5.41) is 3.17. The average molecular weight is 326 g/mol. The van der Waals surface area contributed by atoms with E-state index in [1.165, 1.54) is 6.07 Å². The Morgan fingerprint density at radius 1 is 1.47 bits per heavy atom. The monoisotopic (exact) mass is 325 g/mol. The van der Waals surface area contributed by atoms with Crippen LogP contribution < -0.4 is 5.32 Å². The summed E-state index contributed by atoms with van der Waals surface area (Å²) in [6.45, 7) is 0. The number of hydrogen-bond donors (Lipinski definition) is 1. The van der Waals surface area contributed by atoms with Crippen LogP contribution in [-0.2, 0) is 13.5 Å². The molecule has 0 saturated heterocycles. The van der Waals surface area contributed by atoms with Crippen molar-refractivity contribution in [3.8, 4) is 0 Å². The van der Waals surface area contributed by atoms with Crippen molar-refractivity contribution in [1.29, 1.82) is 0 Å². The van der Waals surface area contributed by atoms with Crippen molar-refractivity contribution in [2.24, 2.45) is 7.05 Å². The van der Waals surface area contributed by atoms with Gasteiger partial charge in [-0.1, -0.05) is 15.9 Å². The van der Waals surface area contributed by atoms with Gasteiger partial charge in [0.15, 0.2) is 0 Å². The molecule has 1 N–H and O–H groups in total. The first-order valence-electron chi connectivity index (χ1n) is 6.20. The van der Waals surface area contributed by atoms with Crippen molar-refractivity contribution in [3.63, 3.8) is 0 Å². The molecule has 2 aromatic rings. The van der Waals surface area contributed by atoms with E-state index in [0.29, 0.717) is 5.56 Å². The smallest absolute Gasteiger partial charge is 0.128 e. The third kappa shape index (κ3) is 3.42. The molecule has 0 fully saturated rings. The van der Waals surface area contributed by atoms with Gasteiger partial charge in [0.05, 0.1) is 0 Å². The summed E-state index contributed by atoms with van der Waals surface area (Å²) in [6, 6.07) is 5.01. The molecular weight excluding hydrogens is 309 g/mol. The van der Waals surface area contributed by atoms with Gasteiger partial charge < -0.3 is 9.88 Å². The van der Waals surface area contributed by atoms with E-state index in [9.17, 15) is 4.39 Å². The van der Waals surface area contributed by atoms with Crippen molar-refractivity contribution >= 4 is 15.9 Å². The van der Waals surface area contributed by atoms with Crippen molar-refractivity contribution < 1.29 is 4.39 Å². The molecule has 0 bridgehead atoms. The minimum absolute atomic E-state index is 0.0193. The molecule has 0 aliphatic heterocycles. The number of hydrogen-bond acceptors (Lipinski definition) is 2. The summed E-state index contributed by atoms with van der Waals surface area (Å²) in [5.41, 5.74) is 0.686. The lowest BCUT2D eigenvalue weighted by Crippen LogP contribution is -2.19. The summed E-state index contributed by atoms with van der Waals surface area (Å²) in [4.78, 5) is 4.29. The van der Waals surface area contributed by atoms with Crippen molar-refractivity contribution in [3.05, 3.63) is 52.3 Å². The second-order valence-electron chi connectivity index (χ2n) is 4.50. The Hall–Kier alpha value is -1.20. The third-order valence-electron chi connectivity index (χ3n) is 3.26. The zero-order valence-corrected chi connectivity index (χ0v) is 12.6. The topological polar surface area (TPSA) is 29.9 Å². The molecule has 1 aromatic heterocycles. The standard InChI is InChI=1S/C14H17BrFN3/c1-17-13(5-6-14-18-7-8-19(14)2)11-9-10(15)3-4-12(11)16/h3-4,7-9,13,17H,5-6H2,1-2H3. The Morgan fingerprint density at radius 3 is 2.89 bits per heavy atom.